The second kappa shape index (κ2) is 6.00. The number of hydrogen-bond acceptors (Lipinski definition) is 3. The number of rotatable bonds is 3. The molecule has 0 heterocycles. The lowest BCUT2D eigenvalue weighted by atomic mass is 10.3. The van der Waals surface area contributed by atoms with E-state index in [9.17, 15) is 0 Å². The average molecular weight is 258 g/mol. The Balaban J connectivity index is 2.24. The summed E-state index contributed by atoms with van der Waals surface area (Å²) >= 11 is 5.19. The number of thiocarbonyl (C=S) groups is 1. The summed E-state index contributed by atoms with van der Waals surface area (Å²) in [6, 6.07) is 19.5. The lowest BCUT2D eigenvalue weighted by molar-refractivity contribution is 1.00. The van der Waals surface area contributed by atoms with Gasteiger partial charge in [-0.2, -0.15) is 0 Å². The molecule has 4 N–H and O–H groups in total. The van der Waals surface area contributed by atoms with Crippen LogP contribution in [0.25, 0.3) is 0 Å². The first-order valence-corrected chi connectivity index (χ1v) is 5.89. The molecular formula is C13H14N4S. The van der Waals surface area contributed by atoms with Gasteiger partial charge in [0.1, 0.15) is 0 Å². The van der Waals surface area contributed by atoms with E-state index in [0.29, 0.717) is 5.11 Å². The lowest BCUT2D eigenvalue weighted by Gasteiger charge is -2.26. The molecule has 0 atom stereocenters. The molecule has 0 aliphatic carbocycles. The Bertz CT molecular complexity index is 501. The molecule has 0 saturated heterocycles. The van der Waals surface area contributed by atoms with Crippen LogP contribution in [-0.2, 0) is 0 Å². The van der Waals surface area contributed by atoms with Crippen molar-refractivity contribution >= 4 is 28.7 Å². The summed E-state index contributed by atoms with van der Waals surface area (Å²) < 4.78 is 0. The molecule has 92 valence electrons. The molecule has 2 aromatic carbocycles. The predicted octanol–water partition coefficient (Wildman–Crippen LogP) is 2.27. The number of nitrogens with one attached hydrogen (secondary N) is 2. The standard InChI is InChI=1S/C13H14N4S/c14-15-13(18)17(12-9-5-2-6-10-12)16-11-7-3-1-4-8-11/h1-10,16H,14H2,(H,15,18). The molecule has 0 fully saturated rings. The number of nitrogens with zero attached hydrogens (tertiary/aromatic N) is 1. The molecule has 0 spiro atoms. The molecule has 0 aliphatic rings. The third kappa shape index (κ3) is 2.97. The molecule has 0 aliphatic heterocycles. The Morgan fingerprint density at radius 1 is 0.944 bits per heavy atom. The van der Waals surface area contributed by atoms with Gasteiger partial charge in [0.2, 0.25) is 5.11 Å². The highest BCUT2D eigenvalue weighted by Gasteiger charge is 2.10. The number of para-hydroxylation sites is 2. The third-order valence-electron chi connectivity index (χ3n) is 2.36. The van der Waals surface area contributed by atoms with E-state index in [2.05, 4.69) is 10.9 Å². The Hall–Kier alpha value is -2.11. The zero-order chi connectivity index (χ0) is 12.8. The van der Waals surface area contributed by atoms with E-state index in [1.165, 1.54) is 0 Å². The summed E-state index contributed by atoms with van der Waals surface area (Å²) in [6.07, 6.45) is 0. The van der Waals surface area contributed by atoms with Gasteiger partial charge in [-0.3, -0.25) is 10.9 Å². The third-order valence-corrected chi connectivity index (χ3v) is 2.66. The number of hydrazine groups is 2. The fraction of sp³-hybridized carbons (Fsp3) is 0. The van der Waals surface area contributed by atoms with Crippen molar-refractivity contribution in [2.75, 3.05) is 10.4 Å². The van der Waals surface area contributed by atoms with Crippen LogP contribution in [-0.4, -0.2) is 5.11 Å². The first-order valence-electron chi connectivity index (χ1n) is 5.48. The van der Waals surface area contributed by atoms with Crippen molar-refractivity contribution in [2.45, 2.75) is 0 Å². The van der Waals surface area contributed by atoms with E-state index in [1.807, 2.05) is 60.7 Å². The van der Waals surface area contributed by atoms with Crippen molar-refractivity contribution < 1.29 is 0 Å². The quantitative estimate of drug-likeness (QED) is 0.448. The summed E-state index contributed by atoms with van der Waals surface area (Å²) in [6.45, 7) is 0. The van der Waals surface area contributed by atoms with Crippen molar-refractivity contribution in [3.8, 4) is 0 Å². The molecule has 0 saturated carbocycles. The molecule has 18 heavy (non-hydrogen) atoms. The van der Waals surface area contributed by atoms with Gasteiger partial charge in [0.15, 0.2) is 0 Å². The van der Waals surface area contributed by atoms with Crippen LogP contribution in [0.3, 0.4) is 0 Å². The number of nitrogens with two attached hydrogens (primary N) is 1. The second-order valence-corrected chi connectivity index (χ2v) is 3.98. The van der Waals surface area contributed by atoms with E-state index in [0.717, 1.165) is 11.4 Å². The Labute approximate surface area is 111 Å². The van der Waals surface area contributed by atoms with Gasteiger partial charge in [0.25, 0.3) is 0 Å². The van der Waals surface area contributed by atoms with Gasteiger partial charge in [-0.25, -0.2) is 10.9 Å². The van der Waals surface area contributed by atoms with Crippen molar-refractivity contribution in [1.29, 1.82) is 0 Å². The van der Waals surface area contributed by atoms with Crippen LogP contribution in [0.4, 0.5) is 11.4 Å². The van der Waals surface area contributed by atoms with Gasteiger partial charge in [0, 0.05) is 0 Å². The Kier molecular flexibility index (Phi) is 4.11. The minimum absolute atomic E-state index is 0.394. The van der Waals surface area contributed by atoms with Crippen LogP contribution in [0.2, 0.25) is 0 Å². The summed E-state index contributed by atoms with van der Waals surface area (Å²) in [7, 11) is 0. The monoisotopic (exact) mass is 258 g/mol. The zero-order valence-electron chi connectivity index (χ0n) is 9.71. The maximum absolute atomic E-state index is 5.39. The van der Waals surface area contributed by atoms with Gasteiger partial charge in [0.05, 0.1) is 11.4 Å². The first kappa shape index (κ1) is 12.3. The largest absolute Gasteiger partial charge is 0.299 e. The van der Waals surface area contributed by atoms with E-state index in [1.54, 1.807) is 5.01 Å². The Morgan fingerprint density at radius 3 is 2.06 bits per heavy atom. The van der Waals surface area contributed by atoms with Crippen LogP contribution >= 0.6 is 12.2 Å². The summed E-state index contributed by atoms with van der Waals surface area (Å²) in [5, 5.41) is 2.11. The molecule has 0 amide bonds. The average Bonchev–Trinajstić information content (AvgIpc) is 2.46. The highest BCUT2D eigenvalue weighted by atomic mass is 32.1. The highest BCUT2D eigenvalue weighted by molar-refractivity contribution is 7.80. The number of hydrogen-bond donors (Lipinski definition) is 3. The van der Waals surface area contributed by atoms with Crippen molar-refractivity contribution in [2.24, 2.45) is 5.84 Å². The molecule has 2 aromatic rings. The molecule has 2 rings (SSSR count). The van der Waals surface area contributed by atoms with Gasteiger partial charge in [-0.1, -0.05) is 36.4 Å². The topological polar surface area (TPSA) is 53.3 Å². The molecule has 0 radical (unpaired) electrons. The van der Waals surface area contributed by atoms with E-state index < -0.39 is 0 Å². The van der Waals surface area contributed by atoms with Crippen LogP contribution in [0.1, 0.15) is 0 Å². The van der Waals surface area contributed by atoms with Crippen LogP contribution in [0.5, 0.6) is 0 Å². The minimum atomic E-state index is 0.394. The number of anilines is 2. The summed E-state index contributed by atoms with van der Waals surface area (Å²) in [5.41, 5.74) is 7.51. The molecule has 0 unspecified atom stereocenters. The van der Waals surface area contributed by atoms with Gasteiger partial charge >= 0.3 is 0 Å². The fourth-order valence-electron chi connectivity index (χ4n) is 1.52. The number of benzene rings is 2. The second-order valence-electron chi connectivity index (χ2n) is 3.60. The van der Waals surface area contributed by atoms with Gasteiger partial charge in [-0.05, 0) is 36.5 Å². The fourth-order valence-corrected chi connectivity index (χ4v) is 1.67. The van der Waals surface area contributed by atoms with E-state index in [4.69, 9.17) is 18.1 Å². The van der Waals surface area contributed by atoms with E-state index >= 15 is 0 Å². The molecule has 5 heteroatoms. The Morgan fingerprint density at radius 2 is 1.50 bits per heavy atom. The SMILES string of the molecule is NNC(=S)N(Nc1ccccc1)c1ccccc1. The molecule has 0 bridgehead atoms. The van der Waals surface area contributed by atoms with E-state index in [-0.39, 0.29) is 0 Å². The summed E-state index contributed by atoms with van der Waals surface area (Å²) in [4.78, 5) is 0. The first-order chi connectivity index (χ1) is 8.81. The summed E-state index contributed by atoms with van der Waals surface area (Å²) in [5.74, 6) is 5.39. The predicted molar refractivity (Wildman–Crippen MR) is 78.9 cm³/mol. The maximum Gasteiger partial charge on any atom is 0.207 e. The van der Waals surface area contributed by atoms with Gasteiger partial charge < -0.3 is 0 Å². The minimum Gasteiger partial charge on any atom is -0.299 e. The van der Waals surface area contributed by atoms with Gasteiger partial charge in [-0.15, -0.1) is 0 Å². The van der Waals surface area contributed by atoms with Crippen LogP contribution in [0, 0.1) is 0 Å². The normalized spacial score (nSPS) is 9.61. The van der Waals surface area contributed by atoms with Crippen molar-refractivity contribution in [3.05, 3.63) is 60.7 Å². The van der Waals surface area contributed by atoms with Crippen molar-refractivity contribution in [1.82, 2.24) is 5.43 Å². The lowest BCUT2D eigenvalue weighted by Crippen LogP contribution is -2.46. The molecule has 4 nitrogen and oxygen atoms in total. The van der Waals surface area contributed by atoms with Crippen molar-refractivity contribution in [3.63, 3.8) is 0 Å². The maximum atomic E-state index is 5.39. The molecular weight excluding hydrogens is 244 g/mol. The smallest absolute Gasteiger partial charge is 0.207 e. The highest BCUT2D eigenvalue weighted by Crippen LogP contribution is 2.16. The zero-order valence-corrected chi connectivity index (χ0v) is 10.5. The van der Waals surface area contributed by atoms with Crippen LogP contribution < -0.4 is 21.7 Å². The molecule has 0 aromatic heterocycles. The van der Waals surface area contributed by atoms with Crippen LogP contribution in [0.15, 0.2) is 60.7 Å².